The van der Waals surface area contributed by atoms with Crippen LogP contribution in [0.2, 0.25) is 0 Å². The number of para-hydroxylation sites is 1. The van der Waals surface area contributed by atoms with E-state index >= 15 is 0 Å². The maximum absolute atomic E-state index is 12.0. The molecule has 0 aliphatic carbocycles. The Bertz CT molecular complexity index is 461. The Morgan fingerprint density at radius 2 is 2.32 bits per heavy atom. The van der Waals surface area contributed by atoms with Crippen LogP contribution >= 0.6 is 0 Å². The van der Waals surface area contributed by atoms with E-state index in [1.165, 1.54) is 0 Å². The number of rotatable bonds is 4. The van der Waals surface area contributed by atoms with Gasteiger partial charge in [0.05, 0.1) is 18.3 Å². The normalized spacial score (nSPS) is 19.0. The van der Waals surface area contributed by atoms with E-state index in [1.807, 2.05) is 6.92 Å². The molecular formula is C14H17NO4. The van der Waals surface area contributed by atoms with Gasteiger partial charge in [0.2, 0.25) is 0 Å². The summed E-state index contributed by atoms with van der Waals surface area (Å²) in [4.78, 5) is 24.5. The summed E-state index contributed by atoms with van der Waals surface area (Å²) in [7, 11) is 0. The molecule has 5 nitrogen and oxygen atoms in total. The second kappa shape index (κ2) is 6.33. The first kappa shape index (κ1) is 13.5. The zero-order valence-electron chi connectivity index (χ0n) is 10.9. The zero-order chi connectivity index (χ0) is 13.7. The van der Waals surface area contributed by atoms with Crippen LogP contribution in [0.25, 0.3) is 0 Å². The molecule has 5 heteroatoms. The molecule has 1 aliphatic rings. The Kier molecular flexibility index (Phi) is 4.52. The van der Waals surface area contributed by atoms with Gasteiger partial charge in [-0.15, -0.1) is 0 Å². The first-order valence-electron chi connectivity index (χ1n) is 6.27. The van der Waals surface area contributed by atoms with Crippen molar-refractivity contribution in [1.82, 2.24) is 4.90 Å². The van der Waals surface area contributed by atoms with Crippen molar-refractivity contribution in [3.05, 3.63) is 29.8 Å². The van der Waals surface area contributed by atoms with E-state index in [0.717, 1.165) is 6.29 Å². The average Bonchev–Trinajstić information content (AvgIpc) is 2.45. The predicted molar refractivity (Wildman–Crippen MR) is 69.3 cm³/mol. The average molecular weight is 263 g/mol. The molecule has 1 unspecified atom stereocenters. The number of ether oxygens (including phenoxy) is 2. The van der Waals surface area contributed by atoms with Crippen LogP contribution in [0, 0.1) is 0 Å². The van der Waals surface area contributed by atoms with Crippen molar-refractivity contribution in [3.63, 3.8) is 0 Å². The lowest BCUT2D eigenvalue weighted by Crippen LogP contribution is -2.46. The fourth-order valence-corrected chi connectivity index (χ4v) is 1.99. The van der Waals surface area contributed by atoms with Crippen molar-refractivity contribution in [2.24, 2.45) is 0 Å². The highest BCUT2D eigenvalue weighted by molar-refractivity contribution is 5.80. The number of carbonyl (C=O) groups is 2. The van der Waals surface area contributed by atoms with Crippen molar-refractivity contribution in [3.8, 4) is 5.75 Å². The van der Waals surface area contributed by atoms with Crippen LogP contribution in [-0.4, -0.2) is 49.5 Å². The molecule has 1 saturated heterocycles. The summed E-state index contributed by atoms with van der Waals surface area (Å²) in [5, 5.41) is 0. The Morgan fingerprint density at radius 3 is 3.05 bits per heavy atom. The van der Waals surface area contributed by atoms with Crippen LogP contribution in [0.5, 0.6) is 5.75 Å². The van der Waals surface area contributed by atoms with E-state index in [-0.39, 0.29) is 18.6 Å². The van der Waals surface area contributed by atoms with E-state index in [4.69, 9.17) is 9.47 Å². The minimum Gasteiger partial charge on any atom is -0.483 e. The molecule has 1 amide bonds. The molecule has 19 heavy (non-hydrogen) atoms. The molecule has 102 valence electrons. The summed E-state index contributed by atoms with van der Waals surface area (Å²) in [6, 6.07) is 6.86. The number of aldehydes is 1. The van der Waals surface area contributed by atoms with Crippen molar-refractivity contribution in [2.75, 3.05) is 26.3 Å². The topological polar surface area (TPSA) is 55.8 Å². The van der Waals surface area contributed by atoms with Gasteiger partial charge in [0, 0.05) is 13.1 Å². The van der Waals surface area contributed by atoms with Crippen LogP contribution in [0.3, 0.4) is 0 Å². The summed E-state index contributed by atoms with van der Waals surface area (Å²) in [5.41, 5.74) is 0.450. The molecule has 2 rings (SSSR count). The first-order chi connectivity index (χ1) is 9.20. The molecule has 1 aromatic carbocycles. The lowest BCUT2D eigenvalue weighted by molar-refractivity contribution is -0.140. The molecule has 0 radical (unpaired) electrons. The lowest BCUT2D eigenvalue weighted by Gasteiger charge is -2.31. The highest BCUT2D eigenvalue weighted by Gasteiger charge is 2.21. The minimum absolute atomic E-state index is 0.0555. The molecule has 1 fully saturated rings. The van der Waals surface area contributed by atoms with Gasteiger partial charge in [-0.05, 0) is 19.1 Å². The Labute approximate surface area is 112 Å². The van der Waals surface area contributed by atoms with Crippen LogP contribution in [-0.2, 0) is 9.53 Å². The van der Waals surface area contributed by atoms with Gasteiger partial charge in [-0.1, -0.05) is 12.1 Å². The summed E-state index contributed by atoms with van der Waals surface area (Å²) < 4.78 is 10.8. The highest BCUT2D eigenvalue weighted by Crippen LogP contribution is 2.15. The van der Waals surface area contributed by atoms with Gasteiger partial charge in [0.1, 0.15) is 5.75 Å². The Morgan fingerprint density at radius 1 is 1.53 bits per heavy atom. The number of morpholine rings is 1. The fraction of sp³-hybridized carbons (Fsp3) is 0.429. The summed E-state index contributed by atoms with van der Waals surface area (Å²) in [6.07, 6.45) is 0.774. The molecule has 1 aromatic rings. The fourth-order valence-electron chi connectivity index (χ4n) is 1.99. The SMILES string of the molecule is CC1CN(C(=O)COc2ccccc2C=O)CCO1. The standard InChI is InChI=1S/C14H17NO4/c1-11-8-15(6-7-18-11)14(17)10-19-13-5-3-2-4-12(13)9-16/h2-5,9,11H,6-8,10H2,1H3. The number of hydrogen-bond acceptors (Lipinski definition) is 4. The summed E-state index contributed by atoms with van der Waals surface area (Å²) >= 11 is 0. The number of carbonyl (C=O) groups excluding carboxylic acids is 2. The van der Waals surface area contributed by atoms with Gasteiger partial charge in [0.25, 0.3) is 5.91 Å². The van der Waals surface area contributed by atoms with E-state index in [0.29, 0.717) is 31.0 Å². The maximum Gasteiger partial charge on any atom is 0.260 e. The van der Waals surface area contributed by atoms with Crippen LogP contribution < -0.4 is 4.74 Å². The monoisotopic (exact) mass is 263 g/mol. The van der Waals surface area contributed by atoms with Gasteiger partial charge in [-0.25, -0.2) is 0 Å². The molecule has 0 N–H and O–H groups in total. The molecular weight excluding hydrogens is 246 g/mol. The second-order valence-corrected chi connectivity index (χ2v) is 4.47. The molecule has 1 atom stereocenters. The van der Waals surface area contributed by atoms with Crippen LogP contribution in [0.1, 0.15) is 17.3 Å². The third-order valence-corrected chi connectivity index (χ3v) is 2.99. The summed E-state index contributed by atoms with van der Waals surface area (Å²) in [6.45, 7) is 3.59. The van der Waals surface area contributed by atoms with Crippen molar-refractivity contribution < 1.29 is 19.1 Å². The second-order valence-electron chi connectivity index (χ2n) is 4.47. The molecule has 1 heterocycles. The third-order valence-electron chi connectivity index (χ3n) is 2.99. The molecule has 0 saturated carbocycles. The van der Waals surface area contributed by atoms with Gasteiger partial charge >= 0.3 is 0 Å². The molecule has 1 aliphatic heterocycles. The smallest absolute Gasteiger partial charge is 0.260 e. The quantitative estimate of drug-likeness (QED) is 0.764. The van der Waals surface area contributed by atoms with Gasteiger partial charge < -0.3 is 14.4 Å². The molecule has 0 bridgehead atoms. The molecule has 0 spiro atoms. The van der Waals surface area contributed by atoms with Gasteiger partial charge in [-0.2, -0.15) is 0 Å². The van der Waals surface area contributed by atoms with Crippen molar-refractivity contribution >= 4 is 12.2 Å². The Hall–Kier alpha value is -1.88. The predicted octanol–water partition coefficient (Wildman–Crippen LogP) is 1.13. The van der Waals surface area contributed by atoms with Gasteiger partial charge in [0.15, 0.2) is 12.9 Å². The Balaban J connectivity index is 1.91. The number of amides is 1. The maximum atomic E-state index is 12.0. The van der Waals surface area contributed by atoms with Gasteiger partial charge in [-0.3, -0.25) is 9.59 Å². The largest absolute Gasteiger partial charge is 0.483 e. The van der Waals surface area contributed by atoms with E-state index < -0.39 is 0 Å². The third kappa shape index (κ3) is 3.54. The van der Waals surface area contributed by atoms with E-state index in [1.54, 1.807) is 29.2 Å². The molecule has 0 aromatic heterocycles. The first-order valence-corrected chi connectivity index (χ1v) is 6.27. The van der Waals surface area contributed by atoms with Crippen molar-refractivity contribution in [1.29, 1.82) is 0 Å². The lowest BCUT2D eigenvalue weighted by atomic mass is 10.2. The van der Waals surface area contributed by atoms with E-state index in [9.17, 15) is 9.59 Å². The van der Waals surface area contributed by atoms with E-state index in [2.05, 4.69) is 0 Å². The number of nitrogens with zero attached hydrogens (tertiary/aromatic N) is 1. The minimum atomic E-state index is -0.0872. The highest BCUT2D eigenvalue weighted by atomic mass is 16.5. The number of benzene rings is 1. The zero-order valence-corrected chi connectivity index (χ0v) is 10.9. The number of hydrogen-bond donors (Lipinski definition) is 0. The van der Waals surface area contributed by atoms with Crippen molar-refractivity contribution in [2.45, 2.75) is 13.0 Å². The van der Waals surface area contributed by atoms with Crippen LogP contribution in [0.4, 0.5) is 0 Å². The summed E-state index contributed by atoms with van der Waals surface area (Å²) in [5.74, 6) is 0.350. The van der Waals surface area contributed by atoms with Crippen LogP contribution in [0.15, 0.2) is 24.3 Å².